The quantitative estimate of drug-likeness (QED) is 0.381. The van der Waals surface area contributed by atoms with E-state index in [0.717, 1.165) is 0 Å². The molecule has 7 rings (SSSR count). The fourth-order valence-electron chi connectivity index (χ4n) is 7.42. The topological polar surface area (TPSA) is 99.6 Å². The van der Waals surface area contributed by atoms with Gasteiger partial charge in [0.1, 0.15) is 17.4 Å². The number of amides is 3. The zero-order chi connectivity index (χ0) is 32.0. The predicted molar refractivity (Wildman–Crippen MR) is 174 cm³/mol. The molecule has 0 bridgehead atoms. The lowest BCUT2D eigenvalue weighted by atomic mass is 9.77. The third-order valence-corrected chi connectivity index (χ3v) is 9.64. The van der Waals surface area contributed by atoms with Crippen molar-refractivity contribution < 1.29 is 29.0 Å². The average molecular weight is 640 g/mol. The van der Waals surface area contributed by atoms with Gasteiger partial charge in [-0.3, -0.25) is 14.4 Å². The van der Waals surface area contributed by atoms with Crippen molar-refractivity contribution in [3.8, 4) is 5.75 Å². The normalized spacial score (nSPS) is 27.6. The average Bonchev–Trinajstić information content (AvgIpc) is 3.38. The first-order valence-corrected chi connectivity index (χ1v) is 15.9. The Balaban J connectivity index is 1.33. The number of likely N-dealkylation sites (tertiary alicyclic amines) is 1. The first kappa shape index (κ1) is 30.2. The van der Waals surface area contributed by atoms with E-state index in [-0.39, 0.29) is 18.4 Å². The van der Waals surface area contributed by atoms with Crippen molar-refractivity contribution in [2.24, 2.45) is 11.8 Å². The first-order chi connectivity index (χ1) is 22.4. The molecule has 0 aromatic heterocycles. The molecular weight excluding hydrogens is 606 g/mol. The molecule has 3 aromatic rings. The highest BCUT2D eigenvalue weighted by atomic mass is 35.5. The number of carbonyl (C=O) groups excluding carboxylic acids is 3. The summed E-state index contributed by atoms with van der Waals surface area (Å²) in [5.41, 5.74) is 0.496. The van der Waals surface area contributed by atoms with Gasteiger partial charge in [-0.25, -0.2) is 0 Å². The molecule has 4 heterocycles. The standard InChI is InChI=1S/C36H34ClN3O6/c1-2-45-27-17-15-26(16-18-27)38-20-6-10-29-30(33(38)42)31-34(43)40(28(22-41)23-8-4-3-5-9-23)32-35(44)39(21-7-19-36(31,32)46-29)25-13-11-24(37)12-14-25/h3-19,28-32,41H,2,20-22H2,1H3/t28-,29+,30-,31+,32?,36+/m1/s1. The number of carbonyl (C=O) groups is 3. The van der Waals surface area contributed by atoms with Gasteiger partial charge in [0, 0.05) is 29.5 Å². The van der Waals surface area contributed by atoms with Crippen LogP contribution in [0.2, 0.25) is 5.02 Å². The number of benzene rings is 3. The monoisotopic (exact) mass is 639 g/mol. The second kappa shape index (κ2) is 12.1. The SMILES string of the molecule is CCOc1ccc(N2CC=C[C@@H]3O[C@]45C=CCN(c6ccc(Cl)cc6)C(=O)C4N([C@H](CO)c4ccccc4)C(=O)[C@@H]5[C@@H]3C2=O)cc1. The minimum Gasteiger partial charge on any atom is -0.494 e. The Morgan fingerprint density at radius 1 is 0.891 bits per heavy atom. The summed E-state index contributed by atoms with van der Waals surface area (Å²) in [5, 5.41) is 11.3. The number of anilines is 2. The molecule has 6 atom stereocenters. The van der Waals surface area contributed by atoms with Crippen LogP contribution >= 0.6 is 11.6 Å². The Bertz CT molecular complexity index is 1690. The summed E-state index contributed by atoms with van der Waals surface area (Å²) in [4.78, 5) is 48.8. The van der Waals surface area contributed by atoms with Crippen LogP contribution in [0.3, 0.4) is 0 Å². The van der Waals surface area contributed by atoms with Gasteiger partial charge in [0.25, 0.3) is 5.91 Å². The maximum atomic E-state index is 14.8. The van der Waals surface area contributed by atoms with E-state index < -0.39 is 48.1 Å². The Hall–Kier alpha value is -4.44. The van der Waals surface area contributed by atoms with E-state index in [9.17, 15) is 19.5 Å². The molecule has 0 aliphatic carbocycles. The van der Waals surface area contributed by atoms with Crippen molar-refractivity contribution >= 4 is 40.7 Å². The highest BCUT2D eigenvalue weighted by Crippen LogP contribution is 2.55. The number of nitrogens with zero attached hydrogens (tertiary/aromatic N) is 3. The van der Waals surface area contributed by atoms with Crippen LogP contribution in [0.25, 0.3) is 0 Å². The summed E-state index contributed by atoms with van der Waals surface area (Å²) in [7, 11) is 0. The number of fused-ring (bicyclic) bond motifs is 2. The number of aliphatic hydroxyl groups excluding tert-OH is 1. The van der Waals surface area contributed by atoms with Gasteiger partial charge in [-0.05, 0) is 61.0 Å². The van der Waals surface area contributed by atoms with E-state index in [1.165, 1.54) is 4.90 Å². The fourth-order valence-corrected chi connectivity index (χ4v) is 7.54. The molecule has 10 heteroatoms. The minimum atomic E-state index is -1.45. The predicted octanol–water partition coefficient (Wildman–Crippen LogP) is 4.56. The third-order valence-electron chi connectivity index (χ3n) is 9.39. The van der Waals surface area contributed by atoms with Crippen molar-refractivity contribution in [3.05, 3.63) is 114 Å². The molecule has 1 spiro atoms. The van der Waals surface area contributed by atoms with E-state index in [4.69, 9.17) is 21.1 Å². The largest absolute Gasteiger partial charge is 0.494 e. The maximum Gasteiger partial charge on any atom is 0.253 e. The van der Waals surface area contributed by atoms with Gasteiger partial charge in [0.15, 0.2) is 0 Å². The van der Waals surface area contributed by atoms with Gasteiger partial charge >= 0.3 is 0 Å². The molecule has 2 saturated heterocycles. The summed E-state index contributed by atoms with van der Waals surface area (Å²) in [6.45, 7) is 2.53. The van der Waals surface area contributed by atoms with Crippen LogP contribution in [0.15, 0.2) is 103 Å². The second-order valence-corrected chi connectivity index (χ2v) is 12.3. The number of halogens is 1. The molecule has 2 fully saturated rings. The first-order valence-electron chi connectivity index (χ1n) is 15.5. The highest BCUT2D eigenvalue weighted by molar-refractivity contribution is 6.30. The van der Waals surface area contributed by atoms with E-state index >= 15 is 0 Å². The number of ether oxygens (including phenoxy) is 2. The molecule has 4 aliphatic rings. The van der Waals surface area contributed by atoms with Crippen LogP contribution in [0.4, 0.5) is 11.4 Å². The summed E-state index contributed by atoms with van der Waals surface area (Å²) in [5.74, 6) is -2.26. The summed E-state index contributed by atoms with van der Waals surface area (Å²) < 4.78 is 12.4. The zero-order valence-corrected chi connectivity index (χ0v) is 26.0. The molecule has 1 unspecified atom stereocenters. The summed E-state index contributed by atoms with van der Waals surface area (Å²) >= 11 is 6.16. The molecule has 3 amide bonds. The van der Waals surface area contributed by atoms with Crippen LogP contribution in [0.1, 0.15) is 18.5 Å². The van der Waals surface area contributed by atoms with Crippen LogP contribution in [-0.4, -0.2) is 71.8 Å². The fraction of sp³-hybridized carbons (Fsp3) is 0.306. The molecule has 3 aromatic carbocycles. The lowest BCUT2D eigenvalue weighted by molar-refractivity contribution is -0.144. The van der Waals surface area contributed by atoms with Crippen LogP contribution in [-0.2, 0) is 19.1 Å². The lowest BCUT2D eigenvalue weighted by Gasteiger charge is -2.38. The lowest BCUT2D eigenvalue weighted by Crippen LogP contribution is -2.56. The van der Waals surface area contributed by atoms with Crippen molar-refractivity contribution in [1.82, 2.24) is 4.90 Å². The van der Waals surface area contributed by atoms with Crippen molar-refractivity contribution in [3.63, 3.8) is 0 Å². The number of hydrogen-bond donors (Lipinski definition) is 1. The molecule has 236 valence electrons. The van der Waals surface area contributed by atoms with Gasteiger partial charge in [0.05, 0.1) is 37.2 Å². The van der Waals surface area contributed by atoms with Crippen LogP contribution in [0.5, 0.6) is 5.75 Å². The maximum absolute atomic E-state index is 14.8. The molecule has 9 nitrogen and oxygen atoms in total. The number of aliphatic hydroxyl groups is 1. The highest BCUT2D eigenvalue weighted by Gasteiger charge is 2.72. The van der Waals surface area contributed by atoms with Gasteiger partial charge < -0.3 is 29.3 Å². The smallest absolute Gasteiger partial charge is 0.253 e. The van der Waals surface area contributed by atoms with Crippen LogP contribution < -0.4 is 14.5 Å². The van der Waals surface area contributed by atoms with Gasteiger partial charge in [0.2, 0.25) is 11.8 Å². The zero-order valence-electron chi connectivity index (χ0n) is 25.2. The van der Waals surface area contributed by atoms with E-state index in [2.05, 4.69) is 0 Å². The van der Waals surface area contributed by atoms with Crippen molar-refractivity contribution in [1.29, 1.82) is 0 Å². The van der Waals surface area contributed by atoms with Gasteiger partial charge in [-0.15, -0.1) is 0 Å². The Labute approximate surface area is 272 Å². The Morgan fingerprint density at radius 3 is 2.22 bits per heavy atom. The van der Waals surface area contributed by atoms with Crippen LogP contribution in [0, 0.1) is 11.8 Å². The third kappa shape index (κ3) is 4.81. The van der Waals surface area contributed by atoms with Gasteiger partial charge in [-0.2, -0.15) is 0 Å². The van der Waals surface area contributed by atoms with E-state index in [1.54, 1.807) is 40.1 Å². The Kier molecular flexibility index (Phi) is 7.92. The number of rotatable bonds is 7. The summed E-state index contributed by atoms with van der Waals surface area (Å²) in [6.07, 6.45) is 6.60. The molecule has 1 N–H and O–H groups in total. The molecular formula is C36H34ClN3O6. The van der Waals surface area contributed by atoms with Crippen molar-refractivity contribution in [2.75, 3.05) is 36.1 Å². The molecule has 4 aliphatic heterocycles. The molecule has 46 heavy (non-hydrogen) atoms. The van der Waals surface area contributed by atoms with E-state index in [1.807, 2.05) is 79.7 Å². The Morgan fingerprint density at radius 2 is 1.54 bits per heavy atom. The summed E-state index contributed by atoms with van der Waals surface area (Å²) in [6, 6.07) is 21.3. The second-order valence-electron chi connectivity index (χ2n) is 11.8. The van der Waals surface area contributed by atoms with Gasteiger partial charge in [-0.1, -0.05) is 66.2 Å². The minimum absolute atomic E-state index is 0.226. The van der Waals surface area contributed by atoms with Crippen molar-refractivity contribution in [2.45, 2.75) is 30.7 Å². The molecule has 0 radical (unpaired) electrons. The number of hydrogen-bond acceptors (Lipinski definition) is 6. The van der Waals surface area contributed by atoms with E-state index in [0.29, 0.717) is 40.9 Å². The molecule has 0 saturated carbocycles.